The van der Waals surface area contributed by atoms with Crippen LogP contribution in [0.25, 0.3) is 10.9 Å². The fourth-order valence-electron chi connectivity index (χ4n) is 5.90. The van der Waals surface area contributed by atoms with Crippen LogP contribution in [0, 0.1) is 6.92 Å². The minimum absolute atomic E-state index is 0. The Morgan fingerprint density at radius 3 is 2.30 bits per heavy atom. The van der Waals surface area contributed by atoms with Crippen LogP contribution in [0.4, 0.5) is 5.69 Å². The Kier molecular flexibility index (Phi) is 9.14. The third-order valence-corrected chi connectivity index (χ3v) is 9.38. The van der Waals surface area contributed by atoms with Crippen molar-refractivity contribution in [2.75, 3.05) is 18.0 Å². The van der Waals surface area contributed by atoms with Crippen LogP contribution in [0.1, 0.15) is 34.2 Å². The smallest absolute Gasteiger partial charge is 0.248 e. The Bertz CT molecular complexity index is 1750. The summed E-state index contributed by atoms with van der Waals surface area (Å²) in [6.45, 7) is 2.40. The number of hydrogen-bond donors (Lipinski definition) is 3. The third kappa shape index (κ3) is 6.01. The molecule has 5 aromatic rings. The lowest BCUT2D eigenvalue weighted by molar-refractivity contribution is -0.121. The first-order chi connectivity index (χ1) is 20.5. The van der Waals surface area contributed by atoms with Crippen molar-refractivity contribution < 1.29 is 9.53 Å². The number of para-hydroxylation sites is 1. The van der Waals surface area contributed by atoms with Crippen LogP contribution >= 0.6 is 24.2 Å². The highest BCUT2D eigenvalue weighted by atomic mass is 35.5. The molecule has 1 unspecified atom stereocenters. The zero-order valence-corrected chi connectivity index (χ0v) is 25.5. The first-order valence-electron chi connectivity index (χ1n) is 14.1. The number of anilines is 1. The third-order valence-electron chi connectivity index (χ3n) is 7.85. The molecule has 1 aromatic heterocycles. The van der Waals surface area contributed by atoms with Gasteiger partial charge in [0, 0.05) is 35.7 Å². The van der Waals surface area contributed by atoms with Gasteiger partial charge in [0.25, 0.3) is 0 Å². The number of fused-ring (bicyclic) bond motifs is 3. The molecule has 1 amide bonds. The van der Waals surface area contributed by atoms with E-state index in [2.05, 4.69) is 46.7 Å². The van der Waals surface area contributed by atoms with Gasteiger partial charge in [-0.1, -0.05) is 84.9 Å². The van der Waals surface area contributed by atoms with E-state index in [1.54, 1.807) is 11.8 Å². The topological polar surface area (TPSA) is 97.2 Å². The van der Waals surface area contributed by atoms with Crippen molar-refractivity contribution in [2.24, 2.45) is 0 Å². The number of aromatic amines is 1. The van der Waals surface area contributed by atoms with Crippen LogP contribution in [0.15, 0.2) is 108 Å². The molecule has 1 aliphatic rings. The molecule has 0 aliphatic carbocycles. The van der Waals surface area contributed by atoms with E-state index in [9.17, 15) is 9.59 Å². The van der Waals surface area contributed by atoms with Gasteiger partial charge in [0.05, 0.1) is 16.8 Å². The molecule has 8 heteroatoms. The summed E-state index contributed by atoms with van der Waals surface area (Å²) < 4.78 is 5.68. The van der Waals surface area contributed by atoms with Crippen LogP contribution in [0.5, 0.6) is 5.75 Å². The van der Waals surface area contributed by atoms with E-state index in [0.29, 0.717) is 30.8 Å². The van der Waals surface area contributed by atoms with E-state index in [4.69, 9.17) is 10.5 Å². The Balaban J connectivity index is 0.00000368. The summed E-state index contributed by atoms with van der Waals surface area (Å²) in [7, 11) is 0. The van der Waals surface area contributed by atoms with Crippen LogP contribution in [-0.2, 0) is 16.0 Å². The SMILES string of the molecule is Cc1cc2c(c3ccc(=O)[nH]c13)OC(CNC(=O)CCSC(c1ccccc1)(c1ccccc1)c1ccccc1N)C2.Cl. The molecule has 220 valence electrons. The van der Waals surface area contributed by atoms with E-state index in [1.807, 2.05) is 67.6 Å². The maximum absolute atomic E-state index is 13.1. The number of ether oxygens (including phenoxy) is 1. The molecule has 1 aliphatic heterocycles. The molecule has 0 saturated carbocycles. The average Bonchev–Trinajstić information content (AvgIpc) is 3.43. The summed E-state index contributed by atoms with van der Waals surface area (Å²) in [4.78, 5) is 27.8. The summed E-state index contributed by atoms with van der Waals surface area (Å²) in [5.41, 5.74) is 13.3. The average molecular weight is 612 g/mol. The Hall–Kier alpha value is -4.20. The lowest BCUT2D eigenvalue weighted by atomic mass is 9.83. The van der Waals surface area contributed by atoms with E-state index in [1.165, 1.54) is 6.07 Å². The summed E-state index contributed by atoms with van der Waals surface area (Å²) in [5.74, 6) is 1.36. The van der Waals surface area contributed by atoms with E-state index < -0.39 is 4.75 Å². The highest BCUT2D eigenvalue weighted by Crippen LogP contribution is 2.50. The van der Waals surface area contributed by atoms with Crippen molar-refractivity contribution in [2.45, 2.75) is 30.6 Å². The predicted molar refractivity (Wildman–Crippen MR) is 178 cm³/mol. The lowest BCUT2D eigenvalue weighted by Gasteiger charge is -2.36. The van der Waals surface area contributed by atoms with Crippen LogP contribution < -0.4 is 21.3 Å². The van der Waals surface area contributed by atoms with Crippen molar-refractivity contribution in [3.63, 3.8) is 0 Å². The van der Waals surface area contributed by atoms with Gasteiger partial charge in [-0.15, -0.1) is 24.2 Å². The highest BCUT2D eigenvalue weighted by Gasteiger charge is 2.38. The first-order valence-corrected chi connectivity index (χ1v) is 15.1. The van der Waals surface area contributed by atoms with Gasteiger partial charge in [0.2, 0.25) is 11.5 Å². The summed E-state index contributed by atoms with van der Waals surface area (Å²) >= 11 is 1.72. The largest absolute Gasteiger partial charge is 0.487 e. The molecule has 6 nitrogen and oxygen atoms in total. The van der Waals surface area contributed by atoms with Gasteiger partial charge in [-0.3, -0.25) is 9.59 Å². The fourth-order valence-corrected chi connectivity index (χ4v) is 7.44. The van der Waals surface area contributed by atoms with Crippen molar-refractivity contribution in [1.82, 2.24) is 10.3 Å². The number of pyridine rings is 1. The maximum atomic E-state index is 13.1. The van der Waals surface area contributed by atoms with Gasteiger partial charge in [-0.2, -0.15) is 0 Å². The number of amides is 1. The van der Waals surface area contributed by atoms with Crippen LogP contribution in [0.2, 0.25) is 0 Å². The molecule has 0 fully saturated rings. The highest BCUT2D eigenvalue weighted by molar-refractivity contribution is 8.00. The molecule has 0 bridgehead atoms. The van der Waals surface area contributed by atoms with E-state index in [0.717, 1.165) is 44.5 Å². The number of halogens is 1. The van der Waals surface area contributed by atoms with Gasteiger partial charge in [-0.25, -0.2) is 0 Å². The molecule has 0 radical (unpaired) electrons. The van der Waals surface area contributed by atoms with Crippen molar-refractivity contribution in [3.8, 4) is 5.75 Å². The standard InChI is InChI=1S/C35H33N3O3S.ClH/c1-23-20-24-21-27(41-34(24)28-16-17-32(40)38-33(23)28)22-37-31(39)18-19-42-35(25-10-4-2-5-11-25,26-12-6-3-7-13-26)29-14-8-9-15-30(29)36;/h2-17,20,27H,18-19,21-22,36H2,1H3,(H,37,39)(H,38,40);1H. The zero-order valence-electron chi connectivity index (χ0n) is 23.8. The fraction of sp³-hybridized carbons (Fsp3) is 0.200. The minimum Gasteiger partial charge on any atom is -0.487 e. The second-order valence-corrected chi connectivity index (χ2v) is 11.9. The summed E-state index contributed by atoms with van der Waals surface area (Å²) in [6, 6.07) is 34.1. The number of aromatic nitrogens is 1. The molecule has 0 saturated heterocycles. The number of aryl methyl sites for hydroxylation is 1. The number of H-pyrrole nitrogens is 1. The Labute approximate surface area is 261 Å². The summed E-state index contributed by atoms with van der Waals surface area (Å²) in [6.07, 6.45) is 0.894. The molecular formula is C35H34ClN3O3S. The van der Waals surface area contributed by atoms with E-state index >= 15 is 0 Å². The Morgan fingerprint density at radius 2 is 1.63 bits per heavy atom. The molecule has 0 spiro atoms. The number of nitrogens with one attached hydrogen (secondary N) is 2. The number of carbonyl (C=O) groups excluding carboxylic acids is 1. The Morgan fingerprint density at radius 1 is 0.977 bits per heavy atom. The summed E-state index contributed by atoms with van der Waals surface area (Å²) in [5, 5.41) is 3.98. The normalized spacial score (nSPS) is 14.0. The predicted octanol–water partition coefficient (Wildman–Crippen LogP) is 6.38. The number of rotatable bonds is 9. The zero-order chi connectivity index (χ0) is 29.1. The van der Waals surface area contributed by atoms with Gasteiger partial charge in [0.15, 0.2) is 0 Å². The molecular weight excluding hydrogens is 578 g/mol. The van der Waals surface area contributed by atoms with Crippen LogP contribution in [0.3, 0.4) is 0 Å². The molecule has 1 atom stereocenters. The van der Waals surface area contributed by atoms with Crippen molar-refractivity contribution in [3.05, 3.63) is 141 Å². The molecule has 4 N–H and O–H groups in total. The number of nitrogens with two attached hydrogens (primary N) is 1. The second-order valence-electron chi connectivity index (χ2n) is 10.6. The second kappa shape index (κ2) is 13.0. The van der Waals surface area contributed by atoms with Gasteiger partial charge in [0.1, 0.15) is 11.9 Å². The number of thioether (sulfide) groups is 1. The van der Waals surface area contributed by atoms with Crippen molar-refractivity contribution >= 4 is 46.7 Å². The maximum Gasteiger partial charge on any atom is 0.248 e. The quantitative estimate of drug-likeness (QED) is 0.133. The first kappa shape index (κ1) is 30.3. The minimum atomic E-state index is -0.579. The lowest BCUT2D eigenvalue weighted by Crippen LogP contribution is -2.35. The number of hydrogen-bond acceptors (Lipinski definition) is 5. The number of carbonyl (C=O) groups is 1. The van der Waals surface area contributed by atoms with E-state index in [-0.39, 0.29) is 30.0 Å². The molecule has 43 heavy (non-hydrogen) atoms. The molecule has 6 rings (SSSR count). The molecule has 2 heterocycles. The van der Waals surface area contributed by atoms with Crippen LogP contribution in [-0.4, -0.2) is 29.3 Å². The van der Waals surface area contributed by atoms with Gasteiger partial charge >= 0.3 is 0 Å². The monoisotopic (exact) mass is 611 g/mol. The number of nitrogen functional groups attached to an aromatic ring is 1. The van der Waals surface area contributed by atoms with Crippen molar-refractivity contribution in [1.29, 1.82) is 0 Å². The number of benzene rings is 4. The molecule has 4 aromatic carbocycles. The van der Waals surface area contributed by atoms with Gasteiger partial charge in [-0.05, 0) is 46.9 Å². The van der Waals surface area contributed by atoms with Gasteiger partial charge < -0.3 is 20.8 Å².